The normalized spacial score (nSPS) is 15.3. The summed E-state index contributed by atoms with van der Waals surface area (Å²) in [6.45, 7) is 12.0. The van der Waals surface area contributed by atoms with E-state index in [4.69, 9.17) is 9.84 Å². The van der Waals surface area contributed by atoms with Crippen LogP contribution in [0.4, 0.5) is 0 Å². The molecule has 0 aliphatic carbocycles. The van der Waals surface area contributed by atoms with Crippen molar-refractivity contribution in [1.82, 2.24) is 20.0 Å². The molecule has 1 aliphatic rings. The topological polar surface area (TPSA) is 59.4 Å². The molecule has 3 rings (SSSR count). The van der Waals surface area contributed by atoms with Gasteiger partial charge in [-0.1, -0.05) is 6.92 Å². The van der Waals surface area contributed by atoms with Crippen LogP contribution < -0.4 is 5.32 Å². The smallest absolute Gasteiger partial charge is 0.269 e. The number of thiophene rings is 1. The van der Waals surface area contributed by atoms with Gasteiger partial charge in [0.2, 0.25) is 0 Å². The zero-order chi connectivity index (χ0) is 18.5. The third kappa shape index (κ3) is 4.52. The van der Waals surface area contributed by atoms with Crippen LogP contribution in [0.2, 0.25) is 0 Å². The third-order valence-electron chi connectivity index (χ3n) is 4.58. The van der Waals surface area contributed by atoms with Crippen molar-refractivity contribution in [3.63, 3.8) is 0 Å². The van der Waals surface area contributed by atoms with Gasteiger partial charge >= 0.3 is 0 Å². The van der Waals surface area contributed by atoms with Gasteiger partial charge in [0, 0.05) is 48.0 Å². The van der Waals surface area contributed by atoms with Crippen molar-refractivity contribution in [2.24, 2.45) is 0 Å². The second-order valence-electron chi connectivity index (χ2n) is 6.67. The molecule has 7 heteroatoms. The van der Waals surface area contributed by atoms with Gasteiger partial charge in [-0.15, -0.1) is 11.3 Å². The summed E-state index contributed by atoms with van der Waals surface area (Å²) in [5, 5.41) is 7.75. The van der Waals surface area contributed by atoms with E-state index >= 15 is 0 Å². The first-order valence-corrected chi connectivity index (χ1v) is 10.1. The molecule has 1 saturated heterocycles. The van der Waals surface area contributed by atoms with Gasteiger partial charge in [-0.05, 0) is 32.4 Å². The van der Waals surface area contributed by atoms with Crippen LogP contribution in [0.25, 0.3) is 11.3 Å². The Hall–Kier alpha value is -1.70. The average molecular weight is 377 g/mol. The Morgan fingerprint density at radius 1 is 1.27 bits per heavy atom. The molecule has 0 aromatic carbocycles. The minimum absolute atomic E-state index is 0.0462. The number of aryl methyl sites for hydroxylation is 3. The molecule has 0 unspecified atom stereocenters. The van der Waals surface area contributed by atoms with E-state index in [1.54, 1.807) is 11.3 Å². The molecule has 0 atom stereocenters. The van der Waals surface area contributed by atoms with Crippen LogP contribution in [0, 0.1) is 13.8 Å². The van der Waals surface area contributed by atoms with E-state index in [2.05, 4.69) is 37.1 Å². The van der Waals surface area contributed by atoms with E-state index in [0.717, 1.165) is 57.1 Å². The summed E-state index contributed by atoms with van der Waals surface area (Å²) >= 11 is 1.77. The quantitative estimate of drug-likeness (QED) is 0.807. The molecule has 2 aromatic rings. The fourth-order valence-corrected chi connectivity index (χ4v) is 4.17. The number of rotatable bonds is 7. The SMILES string of the molecule is CCCn1nc(-c2cc(C)sc2C)cc1C(=O)NCCN1CCOCC1. The summed E-state index contributed by atoms with van der Waals surface area (Å²) < 4.78 is 7.19. The molecule has 0 spiro atoms. The van der Waals surface area contributed by atoms with Gasteiger partial charge in [0.25, 0.3) is 5.91 Å². The molecule has 1 aliphatic heterocycles. The minimum Gasteiger partial charge on any atom is -0.379 e. The Bertz CT molecular complexity index is 747. The molecular weight excluding hydrogens is 348 g/mol. The fourth-order valence-electron chi connectivity index (χ4n) is 3.24. The van der Waals surface area contributed by atoms with Crippen molar-refractivity contribution < 1.29 is 9.53 Å². The Kier molecular flexibility index (Phi) is 6.45. The van der Waals surface area contributed by atoms with Gasteiger partial charge in [0.15, 0.2) is 0 Å². The first-order valence-electron chi connectivity index (χ1n) is 9.32. The number of nitrogens with zero attached hydrogens (tertiary/aromatic N) is 3. The van der Waals surface area contributed by atoms with E-state index in [0.29, 0.717) is 12.2 Å². The van der Waals surface area contributed by atoms with Crippen LogP contribution in [0.15, 0.2) is 12.1 Å². The number of carbonyl (C=O) groups is 1. The average Bonchev–Trinajstić information content (AvgIpc) is 3.19. The van der Waals surface area contributed by atoms with Gasteiger partial charge in [0.1, 0.15) is 5.69 Å². The zero-order valence-electron chi connectivity index (χ0n) is 15.9. The number of nitrogens with one attached hydrogen (secondary N) is 1. The maximum Gasteiger partial charge on any atom is 0.269 e. The summed E-state index contributed by atoms with van der Waals surface area (Å²) in [6.07, 6.45) is 0.941. The number of morpholine rings is 1. The minimum atomic E-state index is -0.0462. The summed E-state index contributed by atoms with van der Waals surface area (Å²) in [5.41, 5.74) is 2.66. The standard InChI is InChI=1S/C19H28N4O2S/c1-4-6-23-18(13-17(21-23)16-12-14(2)26-15(16)3)19(24)20-5-7-22-8-10-25-11-9-22/h12-13H,4-11H2,1-3H3,(H,20,24). The van der Waals surface area contributed by atoms with Gasteiger partial charge in [-0.3, -0.25) is 14.4 Å². The van der Waals surface area contributed by atoms with Crippen LogP contribution >= 0.6 is 11.3 Å². The highest BCUT2D eigenvalue weighted by Crippen LogP contribution is 2.30. The molecule has 0 radical (unpaired) electrons. The van der Waals surface area contributed by atoms with Gasteiger partial charge in [0.05, 0.1) is 18.9 Å². The molecule has 142 valence electrons. The van der Waals surface area contributed by atoms with E-state index in [1.807, 2.05) is 10.7 Å². The number of aromatic nitrogens is 2. The van der Waals surface area contributed by atoms with E-state index < -0.39 is 0 Å². The van der Waals surface area contributed by atoms with Crippen LogP contribution in [0.5, 0.6) is 0 Å². The predicted octanol–water partition coefficient (Wildman–Crippen LogP) is 2.70. The first kappa shape index (κ1) is 19.1. The van der Waals surface area contributed by atoms with Crippen molar-refractivity contribution >= 4 is 17.2 Å². The number of carbonyl (C=O) groups excluding carboxylic acids is 1. The summed E-state index contributed by atoms with van der Waals surface area (Å²) in [4.78, 5) is 17.5. The van der Waals surface area contributed by atoms with E-state index in [9.17, 15) is 4.79 Å². The summed E-state index contributed by atoms with van der Waals surface area (Å²) in [7, 11) is 0. The molecule has 3 heterocycles. The van der Waals surface area contributed by atoms with Crippen molar-refractivity contribution in [1.29, 1.82) is 0 Å². The lowest BCUT2D eigenvalue weighted by molar-refractivity contribution is 0.0383. The van der Waals surface area contributed by atoms with E-state index in [-0.39, 0.29) is 5.91 Å². The fraction of sp³-hybridized carbons (Fsp3) is 0.579. The molecule has 1 amide bonds. The van der Waals surface area contributed by atoms with Crippen LogP contribution in [-0.2, 0) is 11.3 Å². The highest BCUT2D eigenvalue weighted by molar-refractivity contribution is 7.12. The van der Waals surface area contributed by atoms with Crippen molar-refractivity contribution in [2.75, 3.05) is 39.4 Å². The highest BCUT2D eigenvalue weighted by Gasteiger charge is 2.18. The lowest BCUT2D eigenvalue weighted by Gasteiger charge is -2.26. The van der Waals surface area contributed by atoms with E-state index in [1.165, 1.54) is 9.75 Å². The molecule has 0 saturated carbocycles. The molecule has 26 heavy (non-hydrogen) atoms. The molecule has 6 nitrogen and oxygen atoms in total. The molecular formula is C19H28N4O2S. The Labute approximate surface area is 159 Å². The maximum atomic E-state index is 12.7. The third-order valence-corrected chi connectivity index (χ3v) is 5.55. The van der Waals surface area contributed by atoms with Crippen molar-refractivity contribution in [3.05, 3.63) is 27.6 Å². The largest absolute Gasteiger partial charge is 0.379 e. The lowest BCUT2D eigenvalue weighted by Crippen LogP contribution is -2.41. The Morgan fingerprint density at radius 2 is 2.04 bits per heavy atom. The summed E-state index contributed by atoms with van der Waals surface area (Å²) in [6, 6.07) is 4.08. The summed E-state index contributed by atoms with van der Waals surface area (Å²) in [5.74, 6) is -0.0462. The zero-order valence-corrected chi connectivity index (χ0v) is 16.7. The molecule has 1 N–H and O–H groups in total. The number of amides is 1. The number of hydrogen-bond donors (Lipinski definition) is 1. The van der Waals surface area contributed by atoms with Crippen LogP contribution in [0.1, 0.15) is 33.6 Å². The van der Waals surface area contributed by atoms with Gasteiger partial charge in [-0.2, -0.15) is 5.10 Å². The Morgan fingerprint density at radius 3 is 2.69 bits per heavy atom. The number of hydrogen-bond acceptors (Lipinski definition) is 5. The van der Waals surface area contributed by atoms with Crippen molar-refractivity contribution in [3.8, 4) is 11.3 Å². The molecule has 2 aromatic heterocycles. The van der Waals surface area contributed by atoms with Gasteiger partial charge < -0.3 is 10.1 Å². The Balaban J connectivity index is 1.68. The molecule has 1 fully saturated rings. The molecule has 0 bridgehead atoms. The second-order valence-corrected chi connectivity index (χ2v) is 8.14. The predicted molar refractivity (Wildman–Crippen MR) is 105 cm³/mol. The highest BCUT2D eigenvalue weighted by atomic mass is 32.1. The second kappa shape index (κ2) is 8.79. The van der Waals surface area contributed by atoms with Gasteiger partial charge in [-0.25, -0.2) is 0 Å². The monoisotopic (exact) mass is 376 g/mol. The number of ether oxygens (including phenoxy) is 1. The van der Waals surface area contributed by atoms with Crippen LogP contribution in [0.3, 0.4) is 0 Å². The first-order chi connectivity index (χ1) is 12.6. The maximum absolute atomic E-state index is 12.7. The van der Waals surface area contributed by atoms with Crippen LogP contribution in [-0.4, -0.2) is 60.0 Å². The lowest BCUT2D eigenvalue weighted by atomic mass is 10.2. The van der Waals surface area contributed by atoms with Crippen molar-refractivity contribution in [2.45, 2.75) is 33.7 Å².